The number of rotatable bonds is 3. The molecule has 0 aliphatic rings. The summed E-state index contributed by atoms with van der Waals surface area (Å²) in [5.74, 6) is -0.178. The monoisotopic (exact) mass is 257 g/mol. The first kappa shape index (κ1) is 13.0. The van der Waals surface area contributed by atoms with E-state index < -0.39 is 0 Å². The van der Waals surface area contributed by atoms with Crippen molar-refractivity contribution in [2.45, 2.75) is 13.5 Å². The third-order valence-corrected chi connectivity index (χ3v) is 2.78. The minimum atomic E-state index is -0.178. The van der Waals surface area contributed by atoms with Crippen LogP contribution in [0.4, 0.5) is 0 Å². The molecule has 5 nitrogen and oxygen atoms in total. The number of aryl methyl sites for hydroxylation is 1. The molecule has 5 heteroatoms. The summed E-state index contributed by atoms with van der Waals surface area (Å²) < 4.78 is 1.29. The molecule has 1 N–H and O–H groups in total. The van der Waals surface area contributed by atoms with Gasteiger partial charge in [0.15, 0.2) is 0 Å². The van der Waals surface area contributed by atoms with Crippen LogP contribution in [0.25, 0.3) is 10.8 Å². The van der Waals surface area contributed by atoms with E-state index in [0.29, 0.717) is 11.1 Å². The number of aromatic nitrogens is 2. The maximum atomic E-state index is 11.9. The van der Waals surface area contributed by atoms with Gasteiger partial charge in [0.25, 0.3) is 5.56 Å². The van der Waals surface area contributed by atoms with Crippen LogP contribution in [0.2, 0.25) is 0 Å². The Morgan fingerprint density at radius 3 is 2.74 bits per heavy atom. The summed E-state index contributed by atoms with van der Waals surface area (Å²) >= 11 is 0. The summed E-state index contributed by atoms with van der Waals surface area (Å²) in [6, 6.07) is 7.25. The SMILES string of the molecule is C/C=C/C(=O)NCc1nn(C)c(=O)c2ccccc12. The lowest BCUT2D eigenvalue weighted by Crippen LogP contribution is -2.26. The lowest BCUT2D eigenvalue weighted by Gasteiger charge is -2.08. The normalized spacial score (nSPS) is 11.1. The van der Waals surface area contributed by atoms with E-state index in [1.807, 2.05) is 18.2 Å². The van der Waals surface area contributed by atoms with Gasteiger partial charge in [-0.25, -0.2) is 4.68 Å². The minimum absolute atomic E-state index is 0.140. The van der Waals surface area contributed by atoms with Crippen LogP contribution < -0.4 is 10.9 Å². The van der Waals surface area contributed by atoms with Crippen molar-refractivity contribution in [3.05, 3.63) is 52.5 Å². The van der Waals surface area contributed by atoms with E-state index in [2.05, 4.69) is 10.4 Å². The van der Waals surface area contributed by atoms with Crippen LogP contribution in [-0.4, -0.2) is 15.7 Å². The van der Waals surface area contributed by atoms with Crippen LogP contribution in [0.3, 0.4) is 0 Å². The van der Waals surface area contributed by atoms with Crippen LogP contribution in [0.15, 0.2) is 41.2 Å². The van der Waals surface area contributed by atoms with Crippen molar-refractivity contribution in [3.8, 4) is 0 Å². The van der Waals surface area contributed by atoms with Gasteiger partial charge in [-0.05, 0) is 19.1 Å². The number of amides is 1. The lowest BCUT2D eigenvalue weighted by molar-refractivity contribution is -0.116. The number of carbonyl (C=O) groups excluding carboxylic acids is 1. The van der Waals surface area contributed by atoms with Crippen molar-refractivity contribution < 1.29 is 4.79 Å². The third kappa shape index (κ3) is 2.70. The predicted molar refractivity (Wildman–Crippen MR) is 73.6 cm³/mol. The highest BCUT2D eigenvalue weighted by atomic mass is 16.1. The molecule has 1 amide bonds. The molecular formula is C14H15N3O2. The zero-order valence-electron chi connectivity index (χ0n) is 10.9. The Hall–Kier alpha value is -2.43. The highest BCUT2D eigenvalue weighted by molar-refractivity contribution is 5.88. The van der Waals surface area contributed by atoms with Crippen LogP contribution in [-0.2, 0) is 18.4 Å². The number of hydrogen-bond donors (Lipinski definition) is 1. The summed E-state index contributed by atoms with van der Waals surface area (Å²) in [7, 11) is 1.60. The number of nitrogens with zero attached hydrogens (tertiary/aromatic N) is 2. The van der Waals surface area contributed by atoms with Crippen molar-refractivity contribution in [3.63, 3.8) is 0 Å². The lowest BCUT2D eigenvalue weighted by atomic mass is 10.1. The fourth-order valence-electron chi connectivity index (χ4n) is 1.89. The smallest absolute Gasteiger partial charge is 0.274 e. The van der Waals surface area contributed by atoms with Gasteiger partial charge in [-0.1, -0.05) is 24.3 Å². The molecule has 1 aromatic carbocycles. The summed E-state index contributed by atoms with van der Waals surface area (Å²) in [6.07, 6.45) is 3.12. The average molecular weight is 257 g/mol. The highest BCUT2D eigenvalue weighted by Gasteiger charge is 2.08. The van der Waals surface area contributed by atoms with Crippen LogP contribution in [0.5, 0.6) is 0 Å². The first-order chi connectivity index (χ1) is 9.13. The third-order valence-electron chi connectivity index (χ3n) is 2.78. The van der Waals surface area contributed by atoms with Crippen LogP contribution >= 0.6 is 0 Å². The largest absolute Gasteiger partial charge is 0.347 e. The Morgan fingerprint density at radius 2 is 2.05 bits per heavy atom. The van der Waals surface area contributed by atoms with Gasteiger partial charge in [-0.2, -0.15) is 5.10 Å². The molecule has 0 fully saturated rings. The van der Waals surface area contributed by atoms with E-state index in [-0.39, 0.29) is 18.0 Å². The molecule has 98 valence electrons. The Balaban J connectivity index is 2.41. The van der Waals surface area contributed by atoms with Crippen molar-refractivity contribution in [2.24, 2.45) is 7.05 Å². The van der Waals surface area contributed by atoms with Crippen molar-refractivity contribution in [1.82, 2.24) is 15.1 Å². The molecule has 1 aromatic heterocycles. The molecule has 0 radical (unpaired) electrons. The Labute approximate surface area is 110 Å². The van der Waals surface area contributed by atoms with Gasteiger partial charge in [0.1, 0.15) is 0 Å². The molecule has 0 unspecified atom stereocenters. The Bertz CT molecular complexity index is 701. The highest BCUT2D eigenvalue weighted by Crippen LogP contribution is 2.12. The molecule has 0 saturated carbocycles. The fourth-order valence-corrected chi connectivity index (χ4v) is 1.89. The van der Waals surface area contributed by atoms with E-state index in [9.17, 15) is 9.59 Å². The van der Waals surface area contributed by atoms with E-state index in [1.165, 1.54) is 10.8 Å². The maximum absolute atomic E-state index is 11.9. The minimum Gasteiger partial charge on any atom is -0.347 e. The summed E-state index contributed by atoms with van der Waals surface area (Å²) in [6.45, 7) is 2.07. The number of benzene rings is 1. The van der Waals surface area contributed by atoms with Crippen molar-refractivity contribution >= 4 is 16.7 Å². The molecule has 1 heterocycles. The van der Waals surface area contributed by atoms with E-state index in [0.717, 1.165) is 5.39 Å². The molecule has 2 rings (SSSR count). The van der Waals surface area contributed by atoms with Gasteiger partial charge in [-0.3, -0.25) is 9.59 Å². The molecule has 0 saturated heterocycles. The fraction of sp³-hybridized carbons (Fsp3) is 0.214. The summed E-state index contributed by atoms with van der Waals surface area (Å²) in [5.41, 5.74) is 0.537. The van der Waals surface area contributed by atoms with Crippen LogP contribution in [0.1, 0.15) is 12.6 Å². The number of allylic oxidation sites excluding steroid dienone is 1. The van der Waals surface area contributed by atoms with Gasteiger partial charge >= 0.3 is 0 Å². The Kier molecular flexibility index (Phi) is 3.75. The van der Waals surface area contributed by atoms with E-state index >= 15 is 0 Å². The van der Waals surface area contributed by atoms with E-state index in [1.54, 1.807) is 26.1 Å². The molecule has 0 aliphatic heterocycles. The summed E-state index contributed by atoms with van der Waals surface area (Å²) in [4.78, 5) is 23.3. The Morgan fingerprint density at radius 1 is 1.37 bits per heavy atom. The molecule has 0 bridgehead atoms. The maximum Gasteiger partial charge on any atom is 0.274 e. The van der Waals surface area contributed by atoms with Crippen LogP contribution in [0, 0.1) is 0 Å². The zero-order chi connectivity index (χ0) is 13.8. The number of fused-ring (bicyclic) bond motifs is 1. The molecule has 0 aliphatic carbocycles. The van der Waals surface area contributed by atoms with Gasteiger partial charge in [-0.15, -0.1) is 0 Å². The first-order valence-corrected chi connectivity index (χ1v) is 5.99. The molecule has 2 aromatic rings. The van der Waals surface area contributed by atoms with Gasteiger partial charge in [0.2, 0.25) is 5.91 Å². The zero-order valence-corrected chi connectivity index (χ0v) is 10.9. The second-order valence-electron chi connectivity index (χ2n) is 4.14. The first-order valence-electron chi connectivity index (χ1n) is 5.99. The van der Waals surface area contributed by atoms with Crippen molar-refractivity contribution in [2.75, 3.05) is 0 Å². The molecule has 19 heavy (non-hydrogen) atoms. The van der Waals surface area contributed by atoms with E-state index in [4.69, 9.17) is 0 Å². The molecular weight excluding hydrogens is 242 g/mol. The standard InChI is InChI=1S/C14H15N3O2/c1-3-6-13(18)15-9-12-10-7-4-5-8-11(10)14(19)17(2)16-12/h3-8H,9H2,1-2H3,(H,15,18)/b6-3+. The number of nitrogens with one attached hydrogen (secondary N) is 1. The van der Waals surface area contributed by atoms with Gasteiger partial charge in [0.05, 0.1) is 17.6 Å². The van der Waals surface area contributed by atoms with Gasteiger partial charge < -0.3 is 5.32 Å². The van der Waals surface area contributed by atoms with Crippen molar-refractivity contribution in [1.29, 1.82) is 0 Å². The summed E-state index contributed by atoms with van der Waals surface area (Å²) in [5, 5.41) is 8.31. The topological polar surface area (TPSA) is 64.0 Å². The second-order valence-corrected chi connectivity index (χ2v) is 4.14. The number of carbonyl (C=O) groups is 1. The average Bonchev–Trinajstić information content (AvgIpc) is 2.42. The molecule has 0 spiro atoms. The quantitative estimate of drug-likeness (QED) is 0.838. The van der Waals surface area contributed by atoms with Gasteiger partial charge in [0, 0.05) is 12.4 Å². The molecule has 0 atom stereocenters. The number of hydrogen-bond acceptors (Lipinski definition) is 3. The second kappa shape index (κ2) is 5.48. The predicted octanol–water partition coefficient (Wildman–Crippen LogP) is 1.13.